The van der Waals surface area contributed by atoms with Crippen molar-refractivity contribution >= 4 is 17.7 Å². The molecule has 0 bridgehead atoms. The summed E-state index contributed by atoms with van der Waals surface area (Å²) >= 11 is 1.87. The lowest BCUT2D eigenvalue weighted by atomic mass is 10.1. The van der Waals surface area contributed by atoms with Gasteiger partial charge < -0.3 is 10.2 Å². The molecule has 1 saturated heterocycles. The molecule has 20 heavy (non-hydrogen) atoms. The van der Waals surface area contributed by atoms with E-state index < -0.39 is 0 Å². The topological polar surface area (TPSA) is 41.1 Å². The zero-order chi connectivity index (χ0) is 13.4. The van der Waals surface area contributed by atoms with Crippen molar-refractivity contribution in [2.45, 2.75) is 10.6 Å². The van der Waals surface area contributed by atoms with Gasteiger partial charge in [0, 0.05) is 54.2 Å². The van der Waals surface area contributed by atoms with Crippen LogP contribution < -0.4 is 10.2 Å². The summed E-state index contributed by atoms with van der Waals surface area (Å²) in [6, 6.07) is 8.51. The predicted molar refractivity (Wildman–Crippen MR) is 82.1 cm³/mol. The van der Waals surface area contributed by atoms with Gasteiger partial charge >= 0.3 is 0 Å². The van der Waals surface area contributed by atoms with E-state index in [4.69, 9.17) is 4.98 Å². The van der Waals surface area contributed by atoms with Gasteiger partial charge in [0.05, 0.1) is 5.69 Å². The molecule has 2 aliphatic heterocycles. The highest BCUT2D eigenvalue weighted by Crippen LogP contribution is 2.40. The molecule has 1 aromatic carbocycles. The standard InChI is InChI=1S/C15H16N4S/c1-2-4-13-12(3-1)14-11(10-20-13)9-17-15(18-14)19-7-5-16-6-8-19/h1-4,9,16H,5-8,10H2. The quantitative estimate of drug-likeness (QED) is 0.869. The summed E-state index contributed by atoms with van der Waals surface area (Å²) in [7, 11) is 0. The first kappa shape index (κ1) is 12.2. The van der Waals surface area contributed by atoms with Crippen molar-refractivity contribution in [1.29, 1.82) is 0 Å². The van der Waals surface area contributed by atoms with Crippen LogP contribution >= 0.6 is 11.8 Å². The van der Waals surface area contributed by atoms with Gasteiger partial charge in [0.1, 0.15) is 0 Å². The van der Waals surface area contributed by atoms with Gasteiger partial charge in [-0.25, -0.2) is 9.97 Å². The van der Waals surface area contributed by atoms with Crippen LogP contribution in [0.3, 0.4) is 0 Å². The molecular weight excluding hydrogens is 268 g/mol. The molecule has 2 aromatic rings. The minimum Gasteiger partial charge on any atom is -0.338 e. The number of aromatic nitrogens is 2. The summed E-state index contributed by atoms with van der Waals surface area (Å²) in [4.78, 5) is 13.0. The molecule has 0 spiro atoms. The van der Waals surface area contributed by atoms with Crippen LogP contribution in [0, 0.1) is 0 Å². The largest absolute Gasteiger partial charge is 0.338 e. The van der Waals surface area contributed by atoms with Crippen LogP contribution in [0.4, 0.5) is 5.95 Å². The molecule has 2 aliphatic rings. The van der Waals surface area contributed by atoms with Crippen molar-refractivity contribution in [1.82, 2.24) is 15.3 Å². The monoisotopic (exact) mass is 284 g/mol. The number of hydrogen-bond acceptors (Lipinski definition) is 5. The number of rotatable bonds is 1. The number of anilines is 1. The Labute approximate surface area is 122 Å². The number of nitrogens with one attached hydrogen (secondary N) is 1. The lowest BCUT2D eigenvalue weighted by Crippen LogP contribution is -2.44. The van der Waals surface area contributed by atoms with E-state index in [1.54, 1.807) is 0 Å². The third-order valence-corrected chi connectivity index (χ3v) is 4.90. The fourth-order valence-corrected chi connectivity index (χ4v) is 3.71. The van der Waals surface area contributed by atoms with Gasteiger partial charge in [0.2, 0.25) is 5.95 Å². The summed E-state index contributed by atoms with van der Waals surface area (Å²) in [5.41, 5.74) is 3.60. The summed E-state index contributed by atoms with van der Waals surface area (Å²) in [5.74, 6) is 1.83. The molecule has 3 heterocycles. The molecule has 1 N–H and O–H groups in total. The Morgan fingerprint density at radius 3 is 2.90 bits per heavy atom. The van der Waals surface area contributed by atoms with Gasteiger partial charge in [-0.15, -0.1) is 11.8 Å². The van der Waals surface area contributed by atoms with Gasteiger partial charge in [-0.05, 0) is 6.07 Å². The zero-order valence-corrected chi connectivity index (χ0v) is 12.0. The highest BCUT2D eigenvalue weighted by molar-refractivity contribution is 7.98. The molecule has 0 saturated carbocycles. The lowest BCUT2D eigenvalue weighted by molar-refractivity contribution is 0.580. The van der Waals surface area contributed by atoms with E-state index in [1.165, 1.54) is 16.0 Å². The van der Waals surface area contributed by atoms with Gasteiger partial charge in [0.15, 0.2) is 0 Å². The molecule has 0 radical (unpaired) electrons. The van der Waals surface area contributed by atoms with Crippen LogP contribution in [0.15, 0.2) is 35.4 Å². The van der Waals surface area contributed by atoms with Gasteiger partial charge in [-0.1, -0.05) is 18.2 Å². The minimum absolute atomic E-state index is 0.868. The van der Waals surface area contributed by atoms with Crippen LogP contribution in [0.5, 0.6) is 0 Å². The van der Waals surface area contributed by atoms with Crippen LogP contribution in [-0.2, 0) is 5.75 Å². The summed E-state index contributed by atoms with van der Waals surface area (Å²) < 4.78 is 0. The first-order valence-electron chi connectivity index (χ1n) is 6.95. The van der Waals surface area contributed by atoms with Crippen molar-refractivity contribution in [2.75, 3.05) is 31.1 Å². The Kier molecular flexibility index (Phi) is 3.09. The van der Waals surface area contributed by atoms with E-state index >= 15 is 0 Å². The molecule has 0 aliphatic carbocycles. The maximum Gasteiger partial charge on any atom is 0.225 e. The van der Waals surface area contributed by atoms with E-state index in [0.29, 0.717) is 0 Å². The van der Waals surface area contributed by atoms with Crippen LogP contribution in [-0.4, -0.2) is 36.1 Å². The third kappa shape index (κ3) is 2.07. The number of hydrogen-bond donors (Lipinski definition) is 1. The first-order valence-corrected chi connectivity index (χ1v) is 7.94. The number of piperazine rings is 1. The molecule has 102 valence electrons. The van der Waals surface area contributed by atoms with Crippen LogP contribution in [0.1, 0.15) is 5.56 Å². The Morgan fingerprint density at radius 1 is 1.15 bits per heavy atom. The first-order chi connectivity index (χ1) is 9.92. The second-order valence-corrected chi connectivity index (χ2v) is 6.08. The fraction of sp³-hybridized carbons (Fsp3) is 0.333. The zero-order valence-electron chi connectivity index (χ0n) is 11.2. The molecule has 1 aromatic heterocycles. The minimum atomic E-state index is 0.868. The molecule has 0 amide bonds. The molecular formula is C15H16N4S. The average Bonchev–Trinajstić information content (AvgIpc) is 2.55. The fourth-order valence-electron chi connectivity index (χ4n) is 2.70. The Morgan fingerprint density at radius 2 is 2.00 bits per heavy atom. The molecule has 0 atom stereocenters. The van der Waals surface area contributed by atoms with E-state index in [2.05, 4.69) is 39.5 Å². The number of benzene rings is 1. The lowest BCUT2D eigenvalue weighted by Gasteiger charge is -2.28. The molecule has 1 fully saturated rings. The Balaban J connectivity index is 1.77. The van der Waals surface area contributed by atoms with Gasteiger partial charge in [0.25, 0.3) is 0 Å². The second kappa shape index (κ2) is 5.07. The van der Waals surface area contributed by atoms with E-state index in [1.807, 2.05) is 18.0 Å². The van der Waals surface area contributed by atoms with Crippen molar-refractivity contribution in [3.05, 3.63) is 36.0 Å². The highest BCUT2D eigenvalue weighted by atomic mass is 32.2. The molecule has 4 rings (SSSR count). The summed E-state index contributed by atoms with van der Waals surface area (Å²) in [6.45, 7) is 3.98. The molecule has 0 unspecified atom stereocenters. The number of thioether (sulfide) groups is 1. The van der Waals surface area contributed by atoms with Crippen molar-refractivity contribution in [2.24, 2.45) is 0 Å². The maximum atomic E-state index is 4.85. The SMILES string of the molecule is c1ccc2c(c1)SCc1cnc(N3CCNCC3)nc1-2. The second-order valence-electron chi connectivity index (χ2n) is 5.07. The normalized spacial score (nSPS) is 17.5. The molecule has 5 heteroatoms. The number of fused-ring (bicyclic) bond motifs is 3. The van der Waals surface area contributed by atoms with E-state index in [0.717, 1.165) is 43.6 Å². The predicted octanol–water partition coefficient (Wildman–Crippen LogP) is 2.16. The summed E-state index contributed by atoms with van der Waals surface area (Å²) in [6.07, 6.45) is 2.00. The van der Waals surface area contributed by atoms with E-state index in [9.17, 15) is 0 Å². The van der Waals surface area contributed by atoms with E-state index in [-0.39, 0.29) is 0 Å². The van der Waals surface area contributed by atoms with Crippen LogP contribution in [0.25, 0.3) is 11.3 Å². The van der Waals surface area contributed by atoms with Crippen molar-refractivity contribution < 1.29 is 0 Å². The van der Waals surface area contributed by atoms with Crippen molar-refractivity contribution in [3.8, 4) is 11.3 Å². The maximum absolute atomic E-state index is 4.85. The van der Waals surface area contributed by atoms with Gasteiger partial charge in [-0.2, -0.15) is 0 Å². The summed E-state index contributed by atoms with van der Waals surface area (Å²) in [5, 5.41) is 3.36. The number of nitrogens with zero attached hydrogens (tertiary/aromatic N) is 3. The average molecular weight is 284 g/mol. The van der Waals surface area contributed by atoms with Crippen LogP contribution in [0.2, 0.25) is 0 Å². The van der Waals surface area contributed by atoms with Crippen molar-refractivity contribution in [3.63, 3.8) is 0 Å². The third-order valence-electron chi connectivity index (χ3n) is 3.78. The smallest absolute Gasteiger partial charge is 0.225 e. The Bertz CT molecular complexity index is 638. The Hall–Kier alpha value is -1.59. The molecule has 4 nitrogen and oxygen atoms in total. The van der Waals surface area contributed by atoms with Gasteiger partial charge in [-0.3, -0.25) is 0 Å². The highest BCUT2D eigenvalue weighted by Gasteiger charge is 2.20.